The highest BCUT2D eigenvalue weighted by molar-refractivity contribution is 7.88. The van der Waals surface area contributed by atoms with Crippen LogP contribution >= 0.6 is 0 Å². The van der Waals surface area contributed by atoms with Crippen molar-refractivity contribution in [2.75, 3.05) is 32.9 Å². The van der Waals surface area contributed by atoms with Gasteiger partial charge in [0.25, 0.3) is 0 Å². The Labute approximate surface area is 118 Å². The molecule has 0 aromatic carbocycles. The molecule has 2 heterocycles. The highest BCUT2D eigenvalue weighted by Crippen LogP contribution is 2.20. The zero-order chi connectivity index (χ0) is 14.8. The zero-order valence-electron chi connectivity index (χ0n) is 11.6. The van der Waals surface area contributed by atoms with Gasteiger partial charge in [0.1, 0.15) is 12.7 Å². The summed E-state index contributed by atoms with van der Waals surface area (Å²) in [5.74, 6) is -0.178. The fourth-order valence-electron chi connectivity index (χ4n) is 2.21. The Morgan fingerprint density at radius 1 is 1.50 bits per heavy atom. The fourth-order valence-corrected chi connectivity index (χ4v) is 2.56. The van der Waals surface area contributed by atoms with Crippen LogP contribution in [0.2, 0.25) is 0 Å². The van der Waals surface area contributed by atoms with E-state index in [9.17, 15) is 13.2 Å². The van der Waals surface area contributed by atoms with Gasteiger partial charge in [-0.3, -0.25) is 4.79 Å². The van der Waals surface area contributed by atoms with Crippen LogP contribution in [-0.4, -0.2) is 71.2 Å². The average molecular weight is 301 g/mol. The highest BCUT2D eigenvalue weighted by atomic mass is 32.2. The third-order valence-electron chi connectivity index (χ3n) is 3.48. The Kier molecular flexibility index (Phi) is 4.39. The van der Waals surface area contributed by atoms with E-state index in [4.69, 9.17) is 0 Å². The van der Waals surface area contributed by atoms with E-state index >= 15 is 0 Å². The minimum Gasteiger partial charge on any atom is -0.339 e. The summed E-state index contributed by atoms with van der Waals surface area (Å²) in [4.78, 5) is 17.7. The number of sulfonamides is 1. The number of aromatic nitrogens is 3. The van der Waals surface area contributed by atoms with Crippen LogP contribution in [-0.2, 0) is 14.8 Å². The van der Waals surface area contributed by atoms with Crippen LogP contribution < -0.4 is 0 Å². The zero-order valence-corrected chi connectivity index (χ0v) is 12.5. The maximum atomic E-state index is 12.1. The van der Waals surface area contributed by atoms with Crippen molar-refractivity contribution in [1.82, 2.24) is 24.0 Å². The summed E-state index contributed by atoms with van der Waals surface area (Å²) in [6.45, 7) is 1.07. The molecule has 0 N–H and O–H groups in total. The molecular weight excluding hydrogens is 282 g/mol. The fraction of sp³-hybridized carbons (Fsp3) is 0.727. The number of nitrogens with zero attached hydrogens (tertiary/aromatic N) is 5. The van der Waals surface area contributed by atoms with Crippen LogP contribution in [0.4, 0.5) is 0 Å². The molecule has 1 saturated heterocycles. The third-order valence-corrected chi connectivity index (χ3v) is 4.75. The predicted octanol–water partition coefficient (Wildman–Crippen LogP) is -0.667. The lowest BCUT2D eigenvalue weighted by molar-refractivity contribution is -0.132. The maximum Gasteiger partial charge on any atom is 0.237 e. The molecule has 2 rings (SSSR count). The van der Waals surface area contributed by atoms with Gasteiger partial charge in [-0.15, -0.1) is 0 Å². The van der Waals surface area contributed by atoms with Gasteiger partial charge in [-0.25, -0.2) is 18.1 Å². The molecule has 112 valence electrons. The molecule has 1 aromatic heterocycles. The Morgan fingerprint density at radius 2 is 2.25 bits per heavy atom. The van der Waals surface area contributed by atoms with E-state index in [1.165, 1.54) is 13.4 Å². The third kappa shape index (κ3) is 3.54. The monoisotopic (exact) mass is 301 g/mol. The van der Waals surface area contributed by atoms with E-state index in [2.05, 4.69) is 10.1 Å². The van der Waals surface area contributed by atoms with E-state index in [0.717, 1.165) is 23.4 Å². The predicted molar refractivity (Wildman–Crippen MR) is 72.3 cm³/mol. The number of likely N-dealkylation sites (tertiary alicyclic amines) is 1. The summed E-state index contributed by atoms with van der Waals surface area (Å²) in [6.07, 6.45) is 6.02. The number of amides is 1. The number of hydrogen-bond donors (Lipinski definition) is 0. The number of piperidine rings is 1. The molecule has 1 atom stereocenters. The molecule has 8 nitrogen and oxygen atoms in total. The van der Waals surface area contributed by atoms with Gasteiger partial charge in [-0.2, -0.15) is 9.40 Å². The van der Waals surface area contributed by atoms with E-state index < -0.39 is 10.0 Å². The molecule has 1 aliphatic heterocycles. The summed E-state index contributed by atoms with van der Waals surface area (Å²) < 4.78 is 25.5. The summed E-state index contributed by atoms with van der Waals surface area (Å²) in [5, 5.41) is 4.10. The van der Waals surface area contributed by atoms with Crippen molar-refractivity contribution in [3.63, 3.8) is 0 Å². The maximum absolute atomic E-state index is 12.1. The standard InChI is InChI=1S/C11H19N5O3S/c1-14(20(2,18)19)7-11(17)15-5-3-4-10(6-15)16-9-12-8-13-16/h8-10H,3-7H2,1-2H3/t10-/m0/s1. The van der Waals surface area contributed by atoms with Crippen LogP contribution in [0.5, 0.6) is 0 Å². The Hall–Kier alpha value is -1.48. The van der Waals surface area contributed by atoms with Gasteiger partial charge in [0.2, 0.25) is 15.9 Å². The van der Waals surface area contributed by atoms with Gasteiger partial charge in [0.15, 0.2) is 0 Å². The molecule has 0 radical (unpaired) electrons. The molecule has 1 aliphatic rings. The minimum atomic E-state index is -3.34. The summed E-state index contributed by atoms with van der Waals surface area (Å²) >= 11 is 0. The van der Waals surface area contributed by atoms with Gasteiger partial charge < -0.3 is 4.90 Å². The first-order chi connectivity index (χ1) is 9.38. The average Bonchev–Trinajstić information content (AvgIpc) is 2.91. The Balaban J connectivity index is 1.97. The molecule has 1 amide bonds. The molecule has 0 bridgehead atoms. The summed E-state index contributed by atoms with van der Waals surface area (Å²) in [7, 11) is -1.93. The molecule has 1 aromatic rings. The van der Waals surface area contributed by atoms with Crippen molar-refractivity contribution in [3.05, 3.63) is 12.7 Å². The molecule has 0 unspecified atom stereocenters. The van der Waals surface area contributed by atoms with Crippen molar-refractivity contribution >= 4 is 15.9 Å². The molecule has 20 heavy (non-hydrogen) atoms. The first kappa shape index (κ1) is 14.9. The molecular formula is C11H19N5O3S. The van der Waals surface area contributed by atoms with E-state index in [1.54, 1.807) is 15.9 Å². The number of rotatable bonds is 4. The number of carbonyl (C=O) groups excluding carboxylic acids is 1. The second-order valence-corrected chi connectivity index (χ2v) is 7.12. The normalized spacial score (nSPS) is 20.4. The van der Waals surface area contributed by atoms with Crippen LogP contribution in [0.3, 0.4) is 0 Å². The Bertz CT molecular complexity index is 557. The largest absolute Gasteiger partial charge is 0.339 e. The Morgan fingerprint density at radius 3 is 2.85 bits per heavy atom. The summed E-state index contributed by atoms with van der Waals surface area (Å²) in [6, 6.07) is 0.110. The smallest absolute Gasteiger partial charge is 0.237 e. The second kappa shape index (κ2) is 5.88. The van der Waals surface area contributed by atoms with Gasteiger partial charge in [-0.1, -0.05) is 0 Å². The highest BCUT2D eigenvalue weighted by Gasteiger charge is 2.27. The lowest BCUT2D eigenvalue weighted by atomic mass is 10.1. The molecule has 1 fully saturated rings. The minimum absolute atomic E-state index is 0.110. The van der Waals surface area contributed by atoms with Gasteiger partial charge >= 0.3 is 0 Å². The topological polar surface area (TPSA) is 88.4 Å². The molecule has 0 spiro atoms. The van der Waals surface area contributed by atoms with Crippen LogP contribution in [0.25, 0.3) is 0 Å². The van der Waals surface area contributed by atoms with Crippen molar-refractivity contribution in [2.24, 2.45) is 0 Å². The van der Waals surface area contributed by atoms with Gasteiger partial charge in [0, 0.05) is 20.1 Å². The first-order valence-electron chi connectivity index (χ1n) is 6.41. The quantitative estimate of drug-likeness (QED) is 0.736. The van der Waals surface area contributed by atoms with E-state index in [0.29, 0.717) is 13.1 Å². The van der Waals surface area contributed by atoms with Crippen molar-refractivity contribution in [3.8, 4) is 0 Å². The molecule has 9 heteroatoms. The van der Waals surface area contributed by atoms with Gasteiger partial charge in [0.05, 0.1) is 18.8 Å². The molecule has 0 saturated carbocycles. The van der Waals surface area contributed by atoms with Crippen LogP contribution in [0, 0.1) is 0 Å². The SMILES string of the molecule is CN(CC(=O)N1CCC[C@H](n2cncn2)C1)S(C)(=O)=O. The van der Waals surface area contributed by atoms with E-state index in [-0.39, 0.29) is 18.5 Å². The lowest BCUT2D eigenvalue weighted by Gasteiger charge is -2.33. The lowest BCUT2D eigenvalue weighted by Crippen LogP contribution is -2.45. The van der Waals surface area contributed by atoms with E-state index in [1.807, 2.05) is 0 Å². The van der Waals surface area contributed by atoms with Crippen LogP contribution in [0.15, 0.2) is 12.7 Å². The number of likely N-dealkylation sites (N-methyl/N-ethyl adjacent to an activating group) is 1. The first-order valence-corrected chi connectivity index (χ1v) is 8.26. The van der Waals surface area contributed by atoms with Crippen molar-refractivity contribution in [1.29, 1.82) is 0 Å². The van der Waals surface area contributed by atoms with Crippen molar-refractivity contribution < 1.29 is 13.2 Å². The molecule has 0 aliphatic carbocycles. The summed E-state index contributed by atoms with van der Waals surface area (Å²) in [5.41, 5.74) is 0. The van der Waals surface area contributed by atoms with Gasteiger partial charge in [-0.05, 0) is 12.8 Å². The number of hydrogen-bond acceptors (Lipinski definition) is 5. The second-order valence-electron chi connectivity index (χ2n) is 5.03. The van der Waals surface area contributed by atoms with Crippen LogP contribution in [0.1, 0.15) is 18.9 Å². The number of carbonyl (C=O) groups is 1. The van der Waals surface area contributed by atoms with Crippen molar-refractivity contribution in [2.45, 2.75) is 18.9 Å².